The van der Waals surface area contributed by atoms with E-state index in [0.29, 0.717) is 18.1 Å². The first-order valence-electron chi connectivity index (χ1n) is 6.82. The molecule has 0 aromatic carbocycles. The molecule has 0 saturated heterocycles. The van der Waals surface area contributed by atoms with Gasteiger partial charge in [0.2, 0.25) is 0 Å². The van der Waals surface area contributed by atoms with E-state index in [1.807, 2.05) is 0 Å². The van der Waals surface area contributed by atoms with E-state index in [1.165, 1.54) is 5.57 Å². The topological polar surface area (TPSA) is 21.3 Å². The summed E-state index contributed by atoms with van der Waals surface area (Å²) in [7, 11) is 0. The Kier molecular flexibility index (Phi) is 5.21. The highest BCUT2D eigenvalue weighted by Gasteiger charge is 2.48. The lowest BCUT2D eigenvalue weighted by Crippen LogP contribution is -2.61. The smallest absolute Gasteiger partial charge is 0.0656 e. The van der Waals surface area contributed by atoms with E-state index in [-0.39, 0.29) is 5.41 Å². The molecule has 1 fully saturated rings. The quantitative estimate of drug-likeness (QED) is 0.717. The van der Waals surface area contributed by atoms with Crippen LogP contribution < -0.4 is 5.32 Å². The summed E-state index contributed by atoms with van der Waals surface area (Å²) in [5.74, 6) is 0.628. The van der Waals surface area contributed by atoms with E-state index in [9.17, 15) is 0 Å². The Morgan fingerprint density at radius 2 is 2.06 bits per heavy atom. The fourth-order valence-corrected chi connectivity index (χ4v) is 2.23. The molecule has 2 heteroatoms. The van der Waals surface area contributed by atoms with Crippen LogP contribution in [0.15, 0.2) is 11.6 Å². The minimum atomic E-state index is 0.268. The van der Waals surface area contributed by atoms with Gasteiger partial charge in [-0.15, -0.1) is 0 Å². The lowest BCUT2D eigenvalue weighted by molar-refractivity contribution is -0.122. The van der Waals surface area contributed by atoms with Crippen LogP contribution in [0, 0.1) is 11.3 Å². The molecule has 0 spiro atoms. The van der Waals surface area contributed by atoms with E-state index in [2.05, 4.69) is 52.9 Å². The van der Waals surface area contributed by atoms with Gasteiger partial charge in [0.15, 0.2) is 0 Å². The van der Waals surface area contributed by atoms with Crippen LogP contribution in [0.2, 0.25) is 0 Å². The molecule has 0 heterocycles. The first-order valence-corrected chi connectivity index (χ1v) is 6.82. The van der Waals surface area contributed by atoms with Crippen LogP contribution in [0.4, 0.5) is 0 Å². The summed E-state index contributed by atoms with van der Waals surface area (Å²) >= 11 is 0. The van der Waals surface area contributed by atoms with E-state index in [1.54, 1.807) is 0 Å². The van der Waals surface area contributed by atoms with Crippen LogP contribution in [0.1, 0.15) is 48.0 Å². The maximum atomic E-state index is 5.96. The minimum absolute atomic E-state index is 0.268. The number of nitrogens with one attached hydrogen (secondary N) is 1. The van der Waals surface area contributed by atoms with Gasteiger partial charge in [-0.3, -0.25) is 0 Å². The SMILES string of the molecule is CC(C)=CCNC1CC(OCC(C)C)C1(C)C. The Morgan fingerprint density at radius 3 is 2.53 bits per heavy atom. The van der Waals surface area contributed by atoms with Crippen molar-refractivity contribution in [2.75, 3.05) is 13.2 Å². The van der Waals surface area contributed by atoms with Gasteiger partial charge in [0.25, 0.3) is 0 Å². The molecule has 0 amide bonds. The second-order valence-electron chi connectivity index (χ2n) is 6.52. The van der Waals surface area contributed by atoms with Gasteiger partial charge in [-0.1, -0.05) is 39.3 Å². The van der Waals surface area contributed by atoms with Crippen LogP contribution in [0.3, 0.4) is 0 Å². The van der Waals surface area contributed by atoms with Crippen LogP contribution in [-0.4, -0.2) is 25.3 Å². The molecule has 1 aliphatic carbocycles. The predicted molar refractivity (Wildman–Crippen MR) is 74.2 cm³/mol. The molecule has 17 heavy (non-hydrogen) atoms. The van der Waals surface area contributed by atoms with Gasteiger partial charge >= 0.3 is 0 Å². The molecule has 0 radical (unpaired) electrons. The molecular weight excluding hydrogens is 210 g/mol. The zero-order chi connectivity index (χ0) is 13.1. The molecule has 0 aromatic heterocycles. The molecule has 100 valence electrons. The molecule has 1 N–H and O–H groups in total. The Labute approximate surface area is 107 Å². The van der Waals surface area contributed by atoms with Crippen LogP contribution in [0.25, 0.3) is 0 Å². The molecule has 0 aromatic rings. The zero-order valence-corrected chi connectivity index (χ0v) is 12.3. The highest BCUT2D eigenvalue weighted by atomic mass is 16.5. The third-order valence-corrected chi connectivity index (χ3v) is 3.68. The molecule has 1 rings (SSSR count). The summed E-state index contributed by atoms with van der Waals surface area (Å²) < 4.78 is 5.96. The first kappa shape index (κ1) is 14.7. The zero-order valence-electron chi connectivity index (χ0n) is 12.3. The van der Waals surface area contributed by atoms with Gasteiger partial charge in [-0.2, -0.15) is 0 Å². The fraction of sp³-hybridized carbons (Fsp3) is 0.867. The van der Waals surface area contributed by atoms with Gasteiger partial charge in [0.05, 0.1) is 6.10 Å². The molecule has 0 bridgehead atoms. The van der Waals surface area contributed by atoms with Crippen LogP contribution in [0.5, 0.6) is 0 Å². The minimum Gasteiger partial charge on any atom is -0.377 e. The third kappa shape index (κ3) is 4.11. The Balaban J connectivity index is 2.31. The van der Waals surface area contributed by atoms with Gasteiger partial charge in [-0.05, 0) is 26.2 Å². The fourth-order valence-electron chi connectivity index (χ4n) is 2.23. The normalized spacial score (nSPS) is 26.8. The largest absolute Gasteiger partial charge is 0.377 e. The van der Waals surface area contributed by atoms with E-state index in [0.717, 1.165) is 19.6 Å². The summed E-state index contributed by atoms with van der Waals surface area (Å²) in [5, 5.41) is 3.60. The molecule has 2 atom stereocenters. The molecular formula is C15H29NO. The second kappa shape index (κ2) is 6.01. The van der Waals surface area contributed by atoms with E-state index >= 15 is 0 Å². The number of ether oxygens (including phenoxy) is 1. The van der Waals surface area contributed by atoms with Crippen molar-refractivity contribution in [2.24, 2.45) is 11.3 Å². The van der Waals surface area contributed by atoms with Gasteiger partial charge in [0, 0.05) is 24.6 Å². The van der Waals surface area contributed by atoms with E-state index < -0.39 is 0 Å². The maximum Gasteiger partial charge on any atom is 0.0656 e. The lowest BCUT2D eigenvalue weighted by Gasteiger charge is -2.52. The monoisotopic (exact) mass is 239 g/mol. The highest BCUT2D eigenvalue weighted by Crippen LogP contribution is 2.42. The molecule has 1 aliphatic rings. The maximum absolute atomic E-state index is 5.96. The summed E-state index contributed by atoms with van der Waals surface area (Å²) in [6.45, 7) is 15.2. The van der Waals surface area contributed by atoms with E-state index in [4.69, 9.17) is 4.74 Å². The predicted octanol–water partition coefficient (Wildman–Crippen LogP) is 3.38. The molecule has 0 aliphatic heterocycles. The Morgan fingerprint density at radius 1 is 1.41 bits per heavy atom. The second-order valence-corrected chi connectivity index (χ2v) is 6.52. The molecule has 2 unspecified atom stereocenters. The van der Waals surface area contributed by atoms with Crippen molar-refractivity contribution >= 4 is 0 Å². The average molecular weight is 239 g/mol. The standard InChI is InChI=1S/C15H29NO/c1-11(2)7-8-16-13-9-14(15(13,5)6)17-10-12(3)4/h7,12-14,16H,8-10H2,1-6H3. The van der Waals surface area contributed by atoms with Crippen LogP contribution >= 0.6 is 0 Å². The number of hydrogen-bond acceptors (Lipinski definition) is 2. The molecule has 1 saturated carbocycles. The number of rotatable bonds is 6. The van der Waals surface area contributed by atoms with Gasteiger partial charge in [0.1, 0.15) is 0 Å². The summed E-state index contributed by atoms with van der Waals surface area (Å²) in [4.78, 5) is 0. The first-order chi connectivity index (χ1) is 7.84. The Hall–Kier alpha value is -0.340. The molecule has 2 nitrogen and oxygen atoms in total. The number of hydrogen-bond donors (Lipinski definition) is 1. The van der Waals surface area contributed by atoms with Crippen molar-refractivity contribution in [3.05, 3.63) is 11.6 Å². The van der Waals surface area contributed by atoms with Gasteiger partial charge in [-0.25, -0.2) is 0 Å². The summed E-state index contributed by atoms with van der Waals surface area (Å²) in [6, 6.07) is 0.593. The number of allylic oxidation sites excluding steroid dienone is 1. The van der Waals surface area contributed by atoms with Crippen molar-refractivity contribution in [1.29, 1.82) is 0 Å². The van der Waals surface area contributed by atoms with Crippen molar-refractivity contribution in [3.8, 4) is 0 Å². The average Bonchev–Trinajstić information content (AvgIpc) is 2.20. The lowest BCUT2D eigenvalue weighted by atomic mass is 9.64. The van der Waals surface area contributed by atoms with Crippen molar-refractivity contribution in [3.63, 3.8) is 0 Å². The third-order valence-electron chi connectivity index (χ3n) is 3.68. The van der Waals surface area contributed by atoms with Crippen molar-refractivity contribution in [1.82, 2.24) is 5.32 Å². The van der Waals surface area contributed by atoms with Gasteiger partial charge < -0.3 is 10.1 Å². The summed E-state index contributed by atoms with van der Waals surface area (Å²) in [5.41, 5.74) is 1.65. The Bertz CT molecular complexity index is 264. The highest BCUT2D eigenvalue weighted by molar-refractivity contribution is 5.04. The van der Waals surface area contributed by atoms with Crippen LogP contribution in [-0.2, 0) is 4.74 Å². The van der Waals surface area contributed by atoms with Crippen molar-refractivity contribution in [2.45, 2.75) is 60.1 Å². The summed E-state index contributed by atoms with van der Waals surface area (Å²) in [6.07, 6.45) is 3.82. The van der Waals surface area contributed by atoms with Crippen molar-refractivity contribution < 1.29 is 4.74 Å².